The van der Waals surface area contributed by atoms with Crippen LogP contribution in [0.15, 0.2) is 12.3 Å². The average Bonchev–Trinajstić information content (AvgIpc) is 2.23. The number of hydrogen-bond acceptors (Lipinski definition) is 3. The van der Waals surface area contributed by atoms with E-state index in [0.29, 0.717) is 29.1 Å². The molecule has 0 spiro atoms. The van der Waals surface area contributed by atoms with E-state index in [1.807, 2.05) is 13.0 Å². The number of halogens is 1. The molecule has 1 aromatic heterocycles. The van der Waals surface area contributed by atoms with Gasteiger partial charge in [0.2, 0.25) is 0 Å². The van der Waals surface area contributed by atoms with Gasteiger partial charge in [-0.3, -0.25) is 0 Å². The first kappa shape index (κ1) is 13.2. The van der Waals surface area contributed by atoms with Gasteiger partial charge in [0.1, 0.15) is 0 Å². The number of anilines is 1. The minimum absolute atomic E-state index is 0.482. The zero-order chi connectivity index (χ0) is 12.0. The molecule has 0 aliphatic rings. The van der Waals surface area contributed by atoms with Crippen LogP contribution in [0.4, 0.5) is 5.82 Å². The fraction of sp³-hybridized carbons (Fsp3) is 0.400. The molecule has 1 heterocycles. The largest absolute Gasteiger partial charge is 0.383 e. The van der Waals surface area contributed by atoms with E-state index in [1.165, 1.54) is 0 Å². The summed E-state index contributed by atoms with van der Waals surface area (Å²) in [5.74, 6) is 0.558. The summed E-state index contributed by atoms with van der Waals surface area (Å²) in [5, 5.41) is 6.92. The maximum absolute atomic E-state index is 6.00. The molecular formula is C10H14ClN3OS. The highest BCUT2D eigenvalue weighted by Crippen LogP contribution is 2.19. The first-order valence-corrected chi connectivity index (χ1v) is 5.58. The molecule has 4 nitrogen and oxygen atoms in total. The van der Waals surface area contributed by atoms with Gasteiger partial charge in [-0.05, 0) is 30.8 Å². The summed E-state index contributed by atoms with van der Waals surface area (Å²) in [6.07, 6.45) is 1.73. The van der Waals surface area contributed by atoms with Gasteiger partial charge in [-0.25, -0.2) is 4.98 Å². The van der Waals surface area contributed by atoms with Crippen molar-refractivity contribution >= 4 is 34.7 Å². The van der Waals surface area contributed by atoms with Gasteiger partial charge in [-0.2, -0.15) is 0 Å². The molecule has 0 bridgehead atoms. The van der Waals surface area contributed by atoms with Crippen molar-refractivity contribution in [3.63, 3.8) is 0 Å². The SMILES string of the molecule is COCCNC(=S)Nc1ncc(C)cc1Cl. The topological polar surface area (TPSA) is 46.2 Å². The summed E-state index contributed by atoms with van der Waals surface area (Å²) < 4.78 is 4.89. The number of aryl methyl sites for hydroxylation is 1. The summed E-state index contributed by atoms with van der Waals surface area (Å²) in [4.78, 5) is 4.14. The lowest BCUT2D eigenvalue weighted by Crippen LogP contribution is -2.31. The molecule has 0 saturated heterocycles. The van der Waals surface area contributed by atoms with E-state index in [4.69, 9.17) is 28.6 Å². The van der Waals surface area contributed by atoms with Gasteiger partial charge < -0.3 is 15.4 Å². The molecule has 2 N–H and O–H groups in total. The second-order valence-corrected chi connectivity index (χ2v) is 4.03. The van der Waals surface area contributed by atoms with Crippen LogP contribution < -0.4 is 10.6 Å². The maximum atomic E-state index is 6.00. The average molecular weight is 260 g/mol. The van der Waals surface area contributed by atoms with Gasteiger partial charge in [0, 0.05) is 19.9 Å². The summed E-state index contributed by atoms with van der Waals surface area (Å²) in [6.45, 7) is 3.17. The highest BCUT2D eigenvalue weighted by Gasteiger charge is 2.03. The summed E-state index contributed by atoms with van der Waals surface area (Å²) >= 11 is 11.1. The molecule has 88 valence electrons. The molecule has 0 radical (unpaired) electrons. The molecule has 0 amide bonds. The van der Waals surface area contributed by atoms with Gasteiger partial charge in [0.15, 0.2) is 10.9 Å². The van der Waals surface area contributed by atoms with Crippen LogP contribution in [0.3, 0.4) is 0 Å². The van der Waals surface area contributed by atoms with Gasteiger partial charge in [-0.1, -0.05) is 11.6 Å². The summed E-state index contributed by atoms with van der Waals surface area (Å²) in [5.41, 5.74) is 1.01. The van der Waals surface area contributed by atoms with Crippen molar-refractivity contribution in [1.82, 2.24) is 10.3 Å². The fourth-order valence-corrected chi connectivity index (χ4v) is 1.51. The Morgan fingerprint density at radius 1 is 1.62 bits per heavy atom. The first-order chi connectivity index (χ1) is 7.63. The maximum Gasteiger partial charge on any atom is 0.172 e. The van der Waals surface area contributed by atoms with Crippen LogP contribution in [-0.4, -0.2) is 30.4 Å². The molecular weight excluding hydrogens is 246 g/mol. The number of pyridine rings is 1. The Labute approximate surface area is 105 Å². The zero-order valence-electron chi connectivity index (χ0n) is 9.21. The molecule has 0 aliphatic carbocycles. The molecule has 1 rings (SSSR count). The molecule has 16 heavy (non-hydrogen) atoms. The lowest BCUT2D eigenvalue weighted by Gasteiger charge is -2.10. The van der Waals surface area contributed by atoms with E-state index in [2.05, 4.69) is 15.6 Å². The van der Waals surface area contributed by atoms with Crippen LogP contribution in [0, 0.1) is 6.92 Å². The Hall–Kier alpha value is -0.910. The van der Waals surface area contributed by atoms with E-state index in [0.717, 1.165) is 5.56 Å². The molecule has 0 atom stereocenters. The second kappa shape index (κ2) is 6.62. The van der Waals surface area contributed by atoms with Gasteiger partial charge in [-0.15, -0.1) is 0 Å². The number of thiocarbonyl (C=S) groups is 1. The Bertz CT molecular complexity index is 373. The van der Waals surface area contributed by atoms with Gasteiger partial charge >= 0.3 is 0 Å². The number of ether oxygens (including phenoxy) is 1. The molecule has 0 unspecified atom stereocenters. The van der Waals surface area contributed by atoms with Crippen molar-refractivity contribution < 1.29 is 4.74 Å². The predicted molar refractivity (Wildman–Crippen MR) is 70.1 cm³/mol. The van der Waals surface area contributed by atoms with Crippen LogP contribution in [0.25, 0.3) is 0 Å². The second-order valence-electron chi connectivity index (χ2n) is 3.22. The highest BCUT2D eigenvalue weighted by atomic mass is 35.5. The van der Waals surface area contributed by atoms with Crippen molar-refractivity contribution in [3.05, 3.63) is 22.8 Å². The summed E-state index contributed by atoms with van der Waals surface area (Å²) in [7, 11) is 1.64. The third-order valence-electron chi connectivity index (χ3n) is 1.80. The first-order valence-electron chi connectivity index (χ1n) is 4.79. The summed E-state index contributed by atoms with van der Waals surface area (Å²) in [6, 6.07) is 1.83. The number of hydrogen-bond donors (Lipinski definition) is 2. The lowest BCUT2D eigenvalue weighted by molar-refractivity contribution is 0.204. The third kappa shape index (κ3) is 4.30. The number of methoxy groups -OCH3 is 1. The fourth-order valence-electron chi connectivity index (χ4n) is 1.04. The van der Waals surface area contributed by atoms with Crippen LogP contribution in [0.5, 0.6) is 0 Å². The van der Waals surface area contributed by atoms with Gasteiger partial charge in [0.05, 0.1) is 11.6 Å². The normalized spacial score (nSPS) is 9.94. The van der Waals surface area contributed by atoms with Crippen molar-refractivity contribution in [3.8, 4) is 0 Å². The van der Waals surface area contributed by atoms with Gasteiger partial charge in [0.25, 0.3) is 0 Å². The minimum atomic E-state index is 0.482. The molecule has 6 heteroatoms. The zero-order valence-corrected chi connectivity index (χ0v) is 10.8. The Kier molecular flexibility index (Phi) is 5.45. The smallest absolute Gasteiger partial charge is 0.172 e. The van der Waals surface area contributed by atoms with Crippen LogP contribution in [0.2, 0.25) is 5.02 Å². The molecule has 0 aromatic carbocycles. The van der Waals surface area contributed by atoms with Crippen LogP contribution in [0.1, 0.15) is 5.56 Å². The predicted octanol–water partition coefficient (Wildman–Crippen LogP) is 1.98. The van der Waals surface area contributed by atoms with E-state index in [9.17, 15) is 0 Å². The number of nitrogens with one attached hydrogen (secondary N) is 2. The van der Waals surface area contributed by atoms with Crippen LogP contribution >= 0.6 is 23.8 Å². The highest BCUT2D eigenvalue weighted by molar-refractivity contribution is 7.80. The molecule has 0 aliphatic heterocycles. The molecule has 1 aromatic rings. The quantitative estimate of drug-likeness (QED) is 0.640. The standard InChI is InChI=1S/C10H14ClN3OS/c1-7-5-8(11)9(13-6-7)14-10(16)12-3-4-15-2/h5-6H,3-4H2,1-2H3,(H2,12,13,14,16). The molecule has 0 saturated carbocycles. The van der Waals surface area contributed by atoms with Crippen molar-refractivity contribution in [2.45, 2.75) is 6.92 Å². The number of nitrogens with zero attached hydrogens (tertiary/aromatic N) is 1. The van der Waals surface area contributed by atoms with Crippen molar-refractivity contribution in [2.75, 3.05) is 25.6 Å². The Balaban J connectivity index is 2.49. The monoisotopic (exact) mass is 259 g/mol. The number of aromatic nitrogens is 1. The van der Waals surface area contributed by atoms with Crippen molar-refractivity contribution in [1.29, 1.82) is 0 Å². The minimum Gasteiger partial charge on any atom is -0.383 e. The third-order valence-corrected chi connectivity index (χ3v) is 2.34. The lowest BCUT2D eigenvalue weighted by atomic mass is 10.3. The van der Waals surface area contributed by atoms with Crippen LogP contribution in [-0.2, 0) is 4.74 Å². The van der Waals surface area contributed by atoms with E-state index < -0.39 is 0 Å². The molecule has 0 fully saturated rings. The van der Waals surface area contributed by atoms with Crippen molar-refractivity contribution in [2.24, 2.45) is 0 Å². The Morgan fingerprint density at radius 3 is 3.00 bits per heavy atom. The number of rotatable bonds is 4. The van der Waals surface area contributed by atoms with E-state index in [-0.39, 0.29) is 0 Å². The van der Waals surface area contributed by atoms with E-state index >= 15 is 0 Å². The van der Waals surface area contributed by atoms with E-state index in [1.54, 1.807) is 13.3 Å². The Morgan fingerprint density at radius 2 is 2.38 bits per heavy atom.